The topological polar surface area (TPSA) is 66.0 Å². The van der Waals surface area contributed by atoms with E-state index in [2.05, 4.69) is 25.8 Å². The summed E-state index contributed by atoms with van der Waals surface area (Å²) in [6, 6.07) is 22.8. The molecule has 2 saturated heterocycles. The molecule has 1 aromatic heterocycles. The molecule has 2 aliphatic heterocycles. The first-order valence-corrected chi connectivity index (χ1v) is 12.6. The lowest BCUT2D eigenvalue weighted by atomic mass is 10.0. The summed E-state index contributed by atoms with van der Waals surface area (Å²) < 4.78 is 6.56. The van der Waals surface area contributed by atoms with Crippen LogP contribution in [-0.2, 0) is 6.61 Å². The van der Waals surface area contributed by atoms with Gasteiger partial charge in [0.2, 0.25) is 0 Å². The molecule has 0 radical (unpaired) electrons. The second-order valence-electron chi connectivity index (χ2n) is 8.82. The highest BCUT2D eigenvalue weighted by atomic mass is 79.9. The van der Waals surface area contributed by atoms with Crippen LogP contribution in [0.2, 0.25) is 0 Å². The molecule has 35 heavy (non-hydrogen) atoms. The maximum absolute atomic E-state index is 12.9. The van der Waals surface area contributed by atoms with Crippen molar-refractivity contribution in [3.63, 3.8) is 0 Å². The van der Waals surface area contributed by atoms with Gasteiger partial charge in [-0.2, -0.15) is 0 Å². The first kappa shape index (κ1) is 23.5. The number of benzene rings is 2. The number of pyridine rings is 1. The van der Waals surface area contributed by atoms with E-state index in [1.807, 2.05) is 82.6 Å². The zero-order valence-corrected chi connectivity index (χ0v) is 20.9. The Balaban J connectivity index is 1.07. The van der Waals surface area contributed by atoms with E-state index in [4.69, 9.17) is 4.74 Å². The highest BCUT2D eigenvalue weighted by Crippen LogP contribution is 2.22. The predicted octanol–water partition coefficient (Wildman–Crippen LogP) is 3.71. The van der Waals surface area contributed by atoms with Crippen LogP contribution in [0, 0.1) is 0 Å². The molecule has 3 heterocycles. The molecule has 0 N–H and O–H groups in total. The van der Waals surface area contributed by atoms with Gasteiger partial charge in [0, 0.05) is 56.4 Å². The Morgan fingerprint density at radius 3 is 2.14 bits per heavy atom. The summed E-state index contributed by atoms with van der Waals surface area (Å²) in [5, 5.41) is 0. The van der Waals surface area contributed by atoms with Gasteiger partial charge in [0.25, 0.3) is 11.8 Å². The molecule has 0 aliphatic carbocycles. The smallest absolute Gasteiger partial charge is 0.253 e. The SMILES string of the molecule is O=C(c1ccccc1)N1CCN(C2CN(C(=O)c3ccc(OCc4cccc(Br)n4)cc3)C2)CC1. The third-order valence-corrected chi connectivity index (χ3v) is 6.99. The molecule has 0 unspecified atom stereocenters. The Hall–Kier alpha value is -3.23. The summed E-state index contributed by atoms with van der Waals surface area (Å²) in [5.74, 6) is 0.836. The summed E-state index contributed by atoms with van der Waals surface area (Å²) in [6.45, 7) is 4.92. The fourth-order valence-electron chi connectivity index (χ4n) is 4.47. The number of aromatic nitrogens is 1. The minimum Gasteiger partial charge on any atom is -0.487 e. The Morgan fingerprint density at radius 1 is 0.800 bits per heavy atom. The van der Waals surface area contributed by atoms with Gasteiger partial charge in [-0.05, 0) is 64.5 Å². The number of halogens is 1. The number of hydrogen-bond acceptors (Lipinski definition) is 5. The standard InChI is InChI=1S/C27H27BrN4O3/c28-25-8-4-7-22(29-25)19-35-24-11-9-21(10-12-24)27(34)32-17-23(18-32)30-13-15-31(16-14-30)26(33)20-5-2-1-3-6-20/h1-12,23H,13-19H2. The number of rotatable bonds is 6. The van der Waals surface area contributed by atoms with Crippen LogP contribution in [0.15, 0.2) is 77.4 Å². The molecule has 2 fully saturated rings. The number of piperazine rings is 1. The van der Waals surface area contributed by atoms with E-state index in [0.717, 1.165) is 55.1 Å². The zero-order valence-electron chi connectivity index (χ0n) is 19.3. The molecule has 180 valence electrons. The average Bonchev–Trinajstić information content (AvgIpc) is 2.87. The molecule has 0 bridgehead atoms. The van der Waals surface area contributed by atoms with Gasteiger partial charge in [-0.3, -0.25) is 14.5 Å². The fraction of sp³-hybridized carbons (Fsp3) is 0.296. The Labute approximate surface area is 213 Å². The van der Waals surface area contributed by atoms with E-state index in [-0.39, 0.29) is 11.8 Å². The van der Waals surface area contributed by atoms with E-state index in [1.54, 1.807) is 0 Å². The van der Waals surface area contributed by atoms with Gasteiger partial charge in [-0.25, -0.2) is 4.98 Å². The Morgan fingerprint density at radius 2 is 1.46 bits per heavy atom. The molecule has 5 rings (SSSR count). The lowest BCUT2D eigenvalue weighted by molar-refractivity contribution is 0.00853. The Kier molecular flexibility index (Phi) is 7.11. The van der Waals surface area contributed by atoms with Crippen LogP contribution in [0.4, 0.5) is 0 Å². The first-order valence-electron chi connectivity index (χ1n) is 11.8. The maximum atomic E-state index is 12.9. The van der Waals surface area contributed by atoms with Crippen LogP contribution >= 0.6 is 15.9 Å². The normalized spacial score (nSPS) is 16.6. The van der Waals surface area contributed by atoms with Gasteiger partial charge in [0.1, 0.15) is 17.0 Å². The molecule has 2 aliphatic rings. The van der Waals surface area contributed by atoms with Crippen molar-refractivity contribution in [2.75, 3.05) is 39.3 Å². The van der Waals surface area contributed by atoms with E-state index < -0.39 is 0 Å². The van der Waals surface area contributed by atoms with Crippen molar-refractivity contribution in [3.8, 4) is 5.75 Å². The zero-order chi connectivity index (χ0) is 24.2. The van der Waals surface area contributed by atoms with Gasteiger partial charge < -0.3 is 14.5 Å². The van der Waals surface area contributed by atoms with Crippen LogP contribution in [-0.4, -0.2) is 76.8 Å². The molecule has 0 saturated carbocycles. The van der Waals surface area contributed by atoms with Crippen LogP contribution < -0.4 is 4.74 Å². The van der Waals surface area contributed by atoms with Crippen molar-refractivity contribution in [3.05, 3.63) is 94.2 Å². The monoisotopic (exact) mass is 534 g/mol. The Bertz CT molecular complexity index is 1170. The molecule has 8 heteroatoms. The van der Waals surface area contributed by atoms with Crippen LogP contribution in [0.5, 0.6) is 5.75 Å². The van der Waals surface area contributed by atoms with Crippen molar-refractivity contribution in [2.45, 2.75) is 12.6 Å². The summed E-state index contributed by atoms with van der Waals surface area (Å²) in [5.41, 5.74) is 2.23. The lowest BCUT2D eigenvalue weighted by Crippen LogP contribution is -2.64. The number of amides is 2. The van der Waals surface area contributed by atoms with E-state index in [0.29, 0.717) is 24.0 Å². The van der Waals surface area contributed by atoms with Crippen molar-refractivity contribution < 1.29 is 14.3 Å². The highest BCUT2D eigenvalue weighted by Gasteiger charge is 2.37. The van der Waals surface area contributed by atoms with Crippen LogP contribution in [0.3, 0.4) is 0 Å². The van der Waals surface area contributed by atoms with Crippen LogP contribution in [0.1, 0.15) is 26.4 Å². The molecule has 0 spiro atoms. The third-order valence-electron chi connectivity index (χ3n) is 6.55. The number of likely N-dealkylation sites (tertiary alicyclic amines) is 1. The molecule has 7 nitrogen and oxygen atoms in total. The molecule has 2 amide bonds. The van der Waals surface area contributed by atoms with E-state index in [9.17, 15) is 9.59 Å². The molecule has 2 aromatic carbocycles. The molecular weight excluding hydrogens is 508 g/mol. The number of hydrogen-bond donors (Lipinski definition) is 0. The minimum atomic E-state index is 0.0411. The predicted molar refractivity (Wildman–Crippen MR) is 136 cm³/mol. The maximum Gasteiger partial charge on any atom is 0.253 e. The van der Waals surface area contributed by atoms with Gasteiger partial charge in [0.05, 0.1) is 5.69 Å². The van der Waals surface area contributed by atoms with Crippen molar-refractivity contribution in [1.29, 1.82) is 0 Å². The van der Waals surface area contributed by atoms with Crippen LogP contribution in [0.25, 0.3) is 0 Å². The number of carbonyl (C=O) groups is 2. The largest absolute Gasteiger partial charge is 0.487 e. The molecule has 3 aromatic rings. The average molecular weight is 535 g/mol. The van der Waals surface area contributed by atoms with Gasteiger partial charge in [0.15, 0.2) is 0 Å². The number of nitrogens with zero attached hydrogens (tertiary/aromatic N) is 4. The van der Waals surface area contributed by atoms with Gasteiger partial charge in [-0.1, -0.05) is 24.3 Å². The second kappa shape index (κ2) is 10.6. The first-order chi connectivity index (χ1) is 17.1. The summed E-state index contributed by atoms with van der Waals surface area (Å²) in [4.78, 5) is 36.1. The van der Waals surface area contributed by atoms with E-state index in [1.165, 1.54) is 0 Å². The molecular formula is C27H27BrN4O3. The lowest BCUT2D eigenvalue weighted by Gasteiger charge is -2.48. The summed E-state index contributed by atoms with van der Waals surface area (Å²) in [6.07, 6.45) is 0. The van der Waals surface area contributed by atoms with Gasteiger partial charge in [-0.15, -0.1) is 0 Å². The fourth-order valence-corrected chi connectivity index (χ4v) is 4.85. The van der Waals surface area contributed by atoms with Crippen molar-refractivity contribution in [2.24, 2.45) is 0 Å². The van der Waals surface area contributed by atoms with Gasteiger partial charge >= 0.3 is 0 Å². The third kappa shape index (κ3) is 5.55. The van der Waals surface area contributed by atoms with Crippen molar-refractivity contribution >= 4 is 27.7 Å². The summed E-state index contributed by atoms with van der Waals surface area (Å²) in [7, 11) is 0. The van der Waals surface area contributed by atoms with Crippen molar-refractivity contribution in [1.82, 2.24) is 19.7 Å². The summed E-state index contributed by atoms with van der Waals surface area (Å²) >= 11 is 3.36. The second-order valence-corrected chi connectivity index (χ2v) is 9.64. The number of ether oxygens (including phenoxy) is 1. The highest BCUT2D eigenvalue weighted by molar-refractivity contribution is 9.10. The molecule has 0 atom stereocenters. The minimum absolute atomic E-state index is 0.0411. The quantitative estimate of drug-likeness (QED) is 0.451. The number of carbonyl (C=O) groups excluding carboxylic acids is 2. The van der Waals surface area contributed by atoms with E-state index >= 15 is 0 Å².